The third-order valence-corrected chi connectivity index (χ3v) is 6.47. The molecule has 31 heavy (non-hydrogen) atoms. The Morgan fingerprint density at radius 2 is 2.00 bits per heavy atom. The quantitative estimate of drug-likeness (QED) is 0.614. The van der Waals surface area contributed by atoms with Gasteiger partial charge in [0.05, 0.1) is 29.3 Å². The molecule has 1 aliphatic rings. The molecule has 2 aromatic heterocycles. The molecule has 0 spiro atoms. The number of hydrogen-bond donors (Lipinski definition) is 2. The number of carbonyl (C=O) groups is 3. The zero-order chi connectivity index (χ0) is 22.0. The van der Waals surface area contributed by atoms with Gasteiger partial charge in [-0.1, -0.05) is 12.1 Å². The predicted molar refractivity (Wildman–Crippen MR) is 120 cm³/mol. The molecule has 160 valence electrons. The van der Waals surface area contributed by atoms with E-state index in [9.17, 15) is 14.4 Å². The zero-order valence-corrected chi connectivity index (χ0v) is 18.5. The van der Waals surface area contributed by atoms with Gasteiger partial charge in [-0.2, -0.15) is 0 Å². The van der Waals surface area contributed by atoms with E-state index in [0.717, 1.165) is 15.4 Å². The molecule has 0 radical (unpaired) electrons. The van der Waals surface area contributed by atoms with Gasteiger partial charge in [-0.15, -0.1) is 22.7 Å². The summed E-state index contributed by atoms with van der Waals surface area (Å²) in [6.45, 7) is 3.55. The van der Waals surface area contributed by atoms with Gasteiger partial charge >= 0.3 is 0 Å². The number of benzene rings is 1. The van der Waals surface area contributed by atoms with Gasteiger partial charge in [0.1, 0.15) is 5.75 Å². The molecule has 8 nitrogen and oxygen atoms in total. The first kappa shape index (κ1) is 21.0. The van der Waals surface area contributed by atoms with E-state index in [1.807, 2.05) is 23.6 Å². The Kier molecular flexibility index (Phi) is 6.01. The number of nitrogens with zero attached hydrogens (tertiary/aromatic N) is 2. The Labute approximate surface area is 186 Å². The topological polar surface area (TPSA) is 101 Å². The summed E-state index contributed by atoms with van der Waals surface area (Å²) in [5.41, 5.74) is 1.41. The lowest BCUT2D eigenvalue weighted by Crippen LogP contribution is -2.48. The van der Waals surface area contributed by atoms with Crippen molar-refractivity contribution in [2.24, 2.45) is 0 Å². The lowest BCUT2D eigenvalue weighted by Gasteiger charge is -2.33. The van der Waals surface area contributed by atoms with Gasteiger partial charge in [0, 0.05) is 24.1 Å². The SMILES string of the molecule is CC(=O)NCc1ccc(-c2csc(NC(=O)[C@H]3CN(C(C)=O)c4ccccc4O3)n2)s1. The predicted octanol–water partition coefficient (Wildman–Crippen LogP) is 3.26. The molecular formula is C21H20N4O4S2. The monoisotopic (exact) mass is 456 g/mol. The molecule has 0 saturated carbocycles. The van der Waals surface area contributed by atoms with Gasteiger partial charge in [-0.3, -0.25) is 19.7 Å². The fourth-order valence-corrected chi connectivity index (χ4v) is 4.82. The van der Waals surface area contributed by atoms with E-state index in [2.05, 4.69) is 15.6 Å². The molecule has 0 unspecified atom stereocenters. The van der Waals surface area contributed by atoms with Crippen LogP contribution in [0.1, 0.15) is 18.7 Å². The van der Waals surface area contributed by atoms with E-state index in [-0.39, 0.29) is 24.3 Å². The fraction of sp³-hybridized carbons (Fsp3) is 0.238. The molecule has 0 saturated heterocycles. The molecule has 1 aliphatic heterocycles. The van der Waals surface area contributed by atoms with Crippen LogP contribution in [-0.2, 0) is 20.9 Å². The maximum absolute atomic E-state index is 12.8. The molecule has 3 aromatic rings. The first-order valence-electron chi connectivity index (χ1n) is 9.54. The Bertz CT molecular complexity index is 1140. The van der Waals surface area contributed by atoms with Crippen molar-refractivity contribution in [3.05, 3.63) is 46.7 Å². The van der Waals surface area contributed by atoms with Gasteiger partial charge in [0.2, 0.25) is 11.8 Å². The van der Waals surface area contributed by atoms with Gasteiger partial charge in [0.25, 0.3) is 5.91 Å². The minimum Gasteiger partial charge on any atom is -0.476 e. The van der Waals surface area contributed by atoms with Crippen LogP contribution in [0.15, 0.2) is 41.8 Å². The van der Waals surface area contributed by atoms with Crippen LogP contribution in [-0.4, -0.2) is 35.4 Å². The molecule has 0 bridgehead atoms. The zero-order valence-electron chi connectivity index (χ0n) is 16.9. The maximum Gasteiger partial charge on any atom is 0.269 e. The highest BCUT2D eigenvalue weighted by Crippen LogP contribution is 2.34. The van der Waals surface area contributed by atoms with E-state index in [1.165, 1.54) is 36.5 Å². The number of hydrogen-bond acceptors (Lipinski definition) is 7. The van der Waals surface area contributed by atoms with E-state index in [4.69, 9.17) is 4.74 Å². The molecule has 3 heterocycles. The van der Waals surface area contributed by atoms with Crippen LogP contribution >= 0.6 is 22.7 Å². The minimum atomic E-state index is -0.836. The summed E-state index contributed by atoms with van der Waals surface area (Å²) >= 11 is 2.85. The molecule has 0 fully saturated rings. The number of aromatic nitrogens is 1. The second-order valence-corrected chi connectivity index (χ2v) is 8.93. The Hall–Kier alpha value is -3.24. The number of nitrogens with one attached hydrogen (secondary N) is 2. The standard InChI is InChI=1S/C21H20N4O4S2/c1-12(26)22-9-14-7-8-19(31-14)15-11-30-21(23-15)24-20(28)18-10-25(13(2)27)16-5-3-4-6-17(16)29-18/h3-8,11,18H,9-10H2,1-2H3,(H,22,26)(H,23,24,28)/t18-/m1/s1. The fourth-order valence-electron chi connectivity index (χ4n) is 3.12. The summed E-state index contributed by atoms with van der Waals surface area (Å²) in [5, 5.41) is 7.88. The van der Waals surface area contributed by atoms with Crippen LogP contribution in [0.3, 0.4) is 0 Å². The number of anilines is 2. The molecule has 1 aromatic carbocycles. The lowest BCUT2D eigenvalue weighted by molar-refractivity contribution is -0.123. The molecule has 1 atom stereocenters. The Morgan fingerprint density at radius 3 is 2.77 bits per heavy atom. The smallest absolute Gasteiger partial charge is 0.269 e. The number of ether oxygens (including phenoxy) is 1. The normalized spacial score (nSPS) is 15.0. The first-order chi connectivity index (χ1) is 14.9. The van der Waals surface area contributed by atoms with Crippen LogP contribution in [0, 0.1) is 0 Å². The summed E-state index contributed by atoms with van der Waals surface area (Å²) in [6, 6.07) is 11.0. The number of para-hydroxylation sites is 2. The number of fused-ring (bicyclic) bond motifs is 1. The highest BCUT2D eigenvalue weighted by Gasteiger charge is 2.32. The number of thiazole rings is 1. The van der Waals surface area contributed by atoms with E-state index in [1.54, 1.807) is 23.1 Å². The first-order valence-corrected chi connectivity index (χ1v) is 11.2. The van der Waals surface area contributed by atoms with Gasteiger partial charge in [-0.25, -0.2) is 4.98 Å². The molecular weight excluding hydrogens is 436 g/mol. The molecule has 3 amide bonds. The van der Waals surface area contributed by atoms with Crippen LogP contribution in [0.2, 0.25) is 0 Å². The molecule has 4 rings (SSSR count). The summed E-state index contributed by atoms with van der Waals surface area (Å²) < 4.78 is 5.83. The van der Waals surface area contributed by atoms with E-state index < -0.39 is 6.10 Å². The Balaban J connectivity index is 1.44. The average molecular weight is 457 g/mol. The van der Waals surface area contributed by atoms with Gasteiger partial charge in [0.15, 0.2) is 11.2 Å². The van der Waals surface area contributed by atoms with Crippen molar-refractivity contribution in [2.75, 3.05) is 16.8 Å². The lowest BCUT2D eigenvalue weighted by atomic mass is 10.2. The number of carbonyl (C=O) groups excluding carboxylic acids is 3. The average Bonchev–Trinajstić information content (AvgIpc) is 3.40. The van der Waals surface area contributed by atoms with Crippen molar-refractivity contribution in [1.29, 1.82) is 0 Å². The van der Waals surface area contributed by atoms with Crippen LogP contribution in [0.4, 0.5) is 10.8 Å². The summed E-state index contributed by atoms with van der Waals surface area (Å²) in [7, 11) is 0. The van der Waals surface area contributed by atoms with Crippen molar-refractivity contribution in [3.8, 4) is 16.3 Å². The van der Waals surface area contributed by atoms with Crippen molar-refractivity contribution < 1.29 is 19.1 Å². The van der Waals surface area contributed by atoms with Crippen molar-refractivity contribution in [2.45, 2.75) is 26.5 Å². The molecule has 0 aliphatic carbocycles. The van der Waals surface area contributed by atoms with Crippen molar-refractivity contribution in [1.82, 2.24) is 10.3 Å². The van der Waals surface area contributed by atoms with E-state index >= 15 is 0 Å². The van der Waals surface area contributed by atoms with Gasteiger partial charge in [-0.05, 0) is 24.3 Å². The highest BCUT2D eigenvalue weighted by atomic mass is 32.1. The number of rotatable bonds is 5. The van der Waals surface area contributed by atoms with E-state index in [0.29, 0.717) is 23.1 Å². The summed E-state index contributed by atoms with van der Waals surface area (Å²) in [4.78, 5) is 43.9. The maximum atomic E-state index is 12.8. The van der Waals surface area contributed by atoms with Crippen LogP contribution in [0.25, 0.3) is 10.6 Å². The second kappa shape index (κ2) is 8.86. The third kappa shape index (κ3) is 4.75. The van der Waals surface area contributed by atoms with Crippen molar-refractivity contribution in [3.63, 3.8) is 0 Å². The number of thiophene rings is 1. The third-order valence-electron chi connectivity index (χ3n) is 4.61. The van der Waals surface area contributed by atoms with Gasteiger partial charge < -0.3 is 15.0 Å². The number of amides is 3. The largest absolute Gasteiger partial charge is 0.476 e. The van der Waals surface area contributed by atoms with Crippen LogP contribution in [0.5, 0.6) is 5.75 Å². The molecule has 10 heteroatoms. The van der Waals surface area contributed by atoms with Crippen molar-refractivity contribution >= 4 is 51.2 Å². The van der Waals surface area contributed by atoms with Crippen LogP contribution < -0.4 is 20.3 Å². The minimum absolute atomic E-state index is 0.0792. The summed E-state index contributed by atoms with van der Waals surface area (Å²) in [5.74, 6) is -0.101. The highest BCUT2D eigenvalue weighted by molar-refractivity contribution is 7.17. The Morgan fingerprint density at radius 1 is 1.19 bits per heavy atom. The molecule has 2 N–H and O–H groups in total. The second-order valence-electron chi connectivity index (χ2n) is 6.91. The summed E-state index contributed by atoms with van der Waals surface area (Å²) in [6.07, 6.45) is -0.836.